The Bertz CT molecular complexity index is 1190. The molecule has 2 N–H and O–H groups in total. The maximum absolute atomic E-state index is 12.7. The summed E-state index contributed by atoms with van der Waals surface area (Å²) in [6.07, 6.45) is 0. The fourth-order valence-corrected chi connectivity index (χ4v) is 4.80. The van der Waals surface area contributed by atoms with E-state index in [9.17, 15) is 8.42 Å². The molecule has 0 spiro atoms. The van der Waals surface area contributed by atoms with Gasteiger partial charge in [0, 0.05) is 0 Å². The monoisotopic (exact) mass is 410 g/mol. The number of nitrogens with one attached hydrogen (secondary N) is 2. The van der Waals surface area contributed by atoms with Gasteiger partial charge in [-0.3, -0.25) is 4.72 Å². The summed E-state index contributed by atoms with van der Waals surface area (Å²) >= 11 is 1.15. The standard InChI is InChI=1S/C20H18N4O2S2/c1-14(15-8-3-2-4-9-15)21-19-20(23-17-11-6-5-10-16(17)22-19)24-28(25,26)18-12-7-13-27-18/h2-14H,1H3,(H,21,22)(H,23,24)/t14-/m1/s1. The Morgan fingerprint density at radius 2 is 1.50 bits per heavy atom. The molecule has 28 heavy (non-hydrogen) atoms. The first-order chi connectivity index (χ1) is 13.5. The third kappa shape index (κ3) is 3.83. The van der Waals surface area contributed by atoms with Crippen LogP contribution in [0.1, 0.15) is 18.5 Å². The van der Waals surface area contributed by atoms with Crippen LogP contribution in [0.4, 0.5) is 11.6 Å². The smallest absolute Gasteiger partial charge is 0.272 e. The Balaban J connectivity index is 1.74. The molecule has 0 aliphatic carbocycles. The topological polar surface area (TPSA) is 84.0 Å². The SMILES string of the molecule is C[C@@H](Nc1nc2ccccc2nc1NS(=O)(=O)c1cccs1)c1ccccc1. The number of nitrogens with zero attached hydrogens (tertiary/aromatic N) is 2. The van der Waals surface area contributed by atoms with Gasteiger partial charge in [0.25, 0.3) is 10.0 Å². The van der Waals surface area contributed by atoms with E-state index in [4.69, 9.17) is 0 Å². The summed E-state index contributed by atoms with van der Waals surface area (Å²) in [7, 11) is -3.74. The molecule has 0 aliphatic heterocycles. The Morgan fingerprint density at radius 3 is 2.14 bits per heavy atom. The second kappa shape index (κ2) is 7.57. The largest absolute Gasteiger partial charge is 0.360 e. The van der Waals surface area contributed by atoms with Gasteiger partial charge in [0.15, 0.2) is 11.6 Å². The number of anilines is 2. The highest BCUT2D eigenvalue weighted by molar-refractivity contribution is 7.94. The van der Waals surface area contributed by atoms with Gasteiger partial charge in [0.2, 0.25) is 0 Å². The van der Waals surface area contributed by atoms with Crippen LogP contribution in [-0.2, 0) is 10.0 Å². The zero-order valence-electron chi connectivity index (χ0n) is 15.0. The maximum Gasteiger partial charge on any atom is 0.272 e. The molecule has 4 rings (SSSR count). The molecular weight excluding hydrogens is 392 g/mol. The normalized spacial score (nSPS) is 12.6. The van der Waals surface area contributed by atoms with Crippen molar-refractivity contribution in [2.75, 3.05) is 10.0 Å². The highest BCUT2D eigenvalue weighted by atomic mass is 32.2. The number of rotatable bonds is 6. The van der Waals surface area contributed by atoms with Gasteiger partial charge in [-0.2, -0.15) is 0 Å². The molecule has 2 aromatic carbocycles. The number of aromatic nitrogens is 2. The predicted molar refractivity (Wildman–Crippen MR) is 113 cm³/mol. The number of thiophene rings is 1. The Labute approximate surface area is 167 Å². The Kier molecular flexibility index (Phi) is 4.97. The Hall–Kier alpha value is -2.97. The molecule has 6 nitrogen and oxygen atoms in total. The van der Waals surface area contributed by atoms with E-state index in [1.807, 2.05) is 55.5 Å². The highest BCUT2D eigenvalue weighted by Gasteiger charge is 2.20. The lowest BCUT2D eigenvalue weighted by Gasteiger charge is -2.18. The average molecular weight is 411 g/mol. The number of sulfonamides is 1. The molecule has 0 saturated heterocycles. The number of hydrogen-bond donors (Lipinski definition) is 2. The van der Waals surface area contributed by atoms with Crippen LogP contribution < -0.4 is 10.0 Å². The molecule has 0 bridgehead atoms. The molecule has 1 atom stereocenters. The summed E-state index contributed by atoms with van der Waals surface area (Å²) in [5, 5.41) is 5.01. The molecular formula is C20H18N4O2S2. The lowest BCUT2D eigenvalue weighted by molar-refractivity contribution is 0.603. The van der Waals surface area contributed by atoms with Crippen molar-refractivity contribution < 1.29 is 8.42 Å². The molecule has 142 valence electrons. The van der Waals surface area contributed by atoms with Crippen LogP contribution in [0.15, 0.2) is 76.3 Å². The second-order valence-corrected chi connectivity index (χ2v) is 9.08. The summed E-state index contributed by atoms with van der Waals surface area (Å²) < 4.78 is 28.2. The second-order valence-electron chi connectivity index (χ2n) is 6.22. The van der Waals surface area contributed by atoms with Crippen LogP contribution in [0.25, 0.3) is 11.0 Å². The van der Waals surface area contributed by atoms with Gasteiger partial charge in [0.1, 0.15) is 4.21 Å². The van der Waals surface area contributed by atoms with E-state index in [2.05, 4.69) is 20.0 Å². The highest BCUT2D eigenvalue weighted by Crippen LogP contribution is 2.28. The fraction of sp³-hybridized carbons (Fsp3) is 0.100. The minimum absolute atomic E-state index is 0.0818. The zero-order chi connectivity index (χ0) is 19.6. The van der Waals surface area contributed by atoms with E-state index in [-0.39, 0.29) is 16.1 Å². The van der Waals surface area contributed by atoms with Gasteiger partial charge >= 0.3 is 0 Å². The minimum atomic E-state index is -3.74. The summed E-state index contributed by atoms with van der Waals surface area (Å²) in [6.45, 7) is 1.99. The van der Waals surface area contributed by atoms with E-state index in [0.29, 0.717) is 16.9 Å². The van der Waals surface area contributed by atoms with Crippen LogP contribution in [0.5, 0.6) is 0 Å². The van der Waals surface area contributed by atoms with Gasteiger partial charge in [-0.1, -0.05) is 48.5 Å². The van der Waals surface area contributed by atoms with Gasteiger partial charge in [-0.25, -0.2) is 18.4 Å². The molecule has 0 aliphatic rings. The van der Waals surface area contributed by atoms with Crippen LogP contribution in [-0.4, -0.2) is 18.4 Å². The van der Waals surface area contributed by atoms with E-state index in [1.165, 1.54) is 0 Å². The van der Waals surface area contributed by atoms with Gasteiger partial charge in [0.05, 0.1) is 17.1 Å². The quantitative estimate of drug-likeness (QED) is 0.483. The summed E-state index contributed by atoms with van der Waals surface area (Å²) in [6, 6.07) is 20.4. The molecule has 0 amide bonds. The lowest BCUT2D eigenvalue weighted by atomic mass is 10.1. The number of fused-ring (bicyclic) bond motifs is 1. The third-order valence-corrected chi connectivity index (χ3v) is 6.95. The predicted octanol–water partition coefficient (Wildman–Crippen LogP) is 4.67. The van der Waals surface area contributed by atoms with E-state index in [1.54, 1.807) is 23.6 Å². The van der Waals surface area contributed by atoms with Crippen molar-refractivity contribution in [3.8, 4) is 0 Å². The van der Waals surface area contributed by atoms with E-state index < -0.39 is 10.0 Å². The maximum atomic E-state index is 12.7. The molecule has 2 heterocycles. The molecule has 0 saturated carbocycles. The van der Waals surface area contributed by atoms with Crippen molar-refractivity contribution in [2.24, 2.45) is 0 Å². The first kappa shape index (κ1) is 18.4. The molecule has 4 aromatic rings. The lowest BCUT2D eigenvalue weighted by Crippen LogP contribution is -2.17. The number of hydrogen-bond acceptors (Lipinski definition) is 6. The van der Waals surface area contributed by atoms with Crippen LogP contribution in [0, 0.1) is 0 Å². The van der Waals surface area contributed by atoms with Crippen molar-refractivity contribution in [1.29, 1.82) is 0 Å². The number of para-hydroxylation sites is 2. The molecule has 8 heteroatoms. The zero-order valence-corrected chi connectivity index (χ0v) is 16.7. The van der Waals surface area contributed by atoms with Crippen molar-refractivity contribution in [1.82, 2.24) is 9.97 Å². The minimum Gasteiger partial charge on any atom is -0.360 e. The summed E-state index contributed by atoms with van der Waals surface area (Å²) in [5.41, 5.74) is 2.36. The van der Waals surface area contributed by atoms with Crippen molar-refractivity contribution in [3.05, 3.63) is 77.7 Å². The summed E-state index contributed by atoms with van der Waals surface area (Å²) in [5.74, 6) is 0.560. The van der Waals surface area contributed by atoms with Crippen molar-refractivity contribution in [2.45, 2.75) is 17.2 Å². The fourth-order valence-electron chi connectivity index (χ4n) is 2.80. The molecule has 0 fully saturated rings. The van der Waals surface area contributed by atoms with Gasteiger partial charge < -0.3 is 5.32 Å². The van der Waals surface area contributed by atoms with Gasteiger partial charge in [-0.15, -0.1) is 11.3 Å². The average Bonchev–Trinajstić information content (AvgIpc) is 3.25. The number of benzene rings is 2. The summed E-state index contributed by atoms with van der Waals surface area (Å²) in [4.78, 5) is 9.12. The first-order valence-electron chi connectivity index (χ1n) is 8.67. The van der Waals surface area contributed by atoms with Crippen LogP contribution in [0.2, 0.25) is 0 Å². The molecule has 0 unspecified atom stereocenters. The van der Waals surface area contributed by atoms with E-state index >= 15 is 0 Å². The van der Waals surface area contributed by atoms with E-state index in [0.717, 1.165) is 16.9 Å². The molecule has 2 aromatic heterocycles. The molecule has 0 radical (unpaired) electrons. The Morgan fingerprint density at radius 1 is 0.857 bits per heavy atom. The van der Waals surface area contributed by atoms with Crippen LogP contribution >= 0.6 is 11.3 Å². The third-order valence-electron chi connectivity index (χ3n) is 4.21. The van der Waals surface area contributed by atoms with Gasteiger partial charge in [-0.05, 0) is 36.1 Å². The van der Waals surface area contributed by atoms with Crippen molar-refractivity contribution >= 4 is 44.0 Å². The first-order valence-corrected chi connectivity index (χ1v) is 11.0. The van der Waals surface area contributed by atoms with Crippen molar-refractivity contribution in [3.63, 3.8) is 0 Å². The van der Waals surface area contributed by atoms with Crippen LogP contribution in [0.3, 0.4) is 0 Å².